The molecule has 4 nitrogen and oxygen atoms in total. The van der Waals surface area contributed by atoms with Gasteiger partial charge in [-0.25, -0.2) is 0 Å². The molecule has 10 heavy (non-hydrogen) atoms. The topological polar surface area (TPSA) is 58.9 Å². The average Bonchev–Trinajstić information content (AvgIpc) is 2.38. The van der Waals surface area contributed by atoms with Gasteiger partial charge in [0.25, 0.3) is 0 Å². The zero-order valence-corrected chi connectivity index (χ0v) is 6.31. The van der Waals surface area contributed by atoms with Gasteiger partial charge in [-0.05, 0) is 18.5 Å². The SMILES string of the molecule is CCOC(=N)c1csnn1. The molecular weight excluding hydrogens is 150 g/mol. The Morgan fingerprint density at radius 3 is 3.20 bits per heavy atom. The van der Waals surface area contributed by atoms with E-state index in [0.717, 1.165) is 0 Å². The molecule has 0 amide bonds. The van der Waals surface area contributed by atoms with E-state index in [1.54, 1.807) is 5.38 Å². The Bertz CT molecular complexity index is 209. The fourth-order valence-corrected chi connectivity index (χ4v) is 0.918. The van der Waals surface area contributed by atoms with Gasteiger partial charge < -0.3 is 4.74 Å². The summed E-state index contributed by atoms with van der Waals surface area (Å²) in [6.07, 6.45) is 0. The number of hydrogen-bond acceptors (Lipinski definition) is 5. The first-order valence-electron chi connectivity index (χ1n) is 2.83. The molecule has 0 saturated carbocycles. The fourth-order valence-electron chi connectivity index (χ4n) is 0.482. The van der Waals surface area contributed by atoms with Crippen molar-refractivity contribution >= 4 is 17.4 Å². The fraction of sp³-hybridized carbons (Fsp3) is 0.400. The lowest BCUT2D eigenvalue weighted by atomic mass is 10.5. The highest BCUT2D eigenvalue weighted by atomic mass is 32.1. The molecule has 1 heterocycles. The van der Waals surface area contributed by atoms with Crippen LogP contribution in [0.2, 0.25) is 0 Å². The molecule has 54 valence electrons. The van der Waals surface area contributed by atoms with E-state index in [-0.39, 0.29) is 5.90 Å². The van der Waals surface area contributed by atoms with E-state index in [4.69, 9.17) is 10.1 Å². The smallest absolute Gasteiger partial charge is 0.235 e. The number of ether oxygens (including phenoxy) is 1. The van der Waals surface area contributed by atoms with E-state index in [1.807, 2.05) is 6.92 Å². The van der Waals surface area contributed by atoms with E-state index in [2.05, 4.69) is 9.59 Å². The molecule has 0 bridgehead atoms. The second kappa shape index (κ2) is 3.26. The molecule has 0 atom stereocenters. The third-order valence-electron chi connectivity index (χ3n) is 0.881. The zero-order chi connectivity index (χ0) is 7.40. The van der Waals surface area contributed by atoms with Crippen LogP contribution in [-0.2, 0) is 4.74 Å². The number of nitrogens with zero attached hydrogens (tertiary/aromatic N) is 2. The minimum atomic E-state index is 0.0938. The van der Waals surface area contributed by atoms with E-state index < -0.39 is 0 Å². The van der Waals surface area contributed by atoms with Crippen molar-refractivity contribution in [2.75, 3.05) is 6.61 Å². The number of rotatable bonds is 2. The second-order valence-corrected chi connectivity index (χ2v) is 2.16. The molecule has 0 saturated heterocycles. The van der Waals surface area contributed by atoms with Crippen molar-refractivity contribution in [2.24, 2.45) is 0 Å². The van der Waals surface area contributed by atoms with Crippen LogP contribution in [0.4, 0.5) is 0 Å². The van der Waals surface area contributed by atoms with Crippen LogP contribution in [0, 0.1) is 5.41 Å². The first kappa shape index (κ1) is 7.14. The van der Waals surface area contributed by atoms with Crippen LogP contribution in [0.3, 0.4) is 0 Å². The summed E-state index contributed by atoms with van der Waals surface area (Å²) in [6.45, 7) is 2.32. The van der Waals surface area contributed by atoms with Gasteiger partial charge in [-0.3, -0.25) is 5.41 Å². The van der Waals surface area contributed by atoms with Gasteiger partial charge >= 0.3 is 0 Å². The summed E-state index contributed by atoms with van der Waals surface area (Å²) in [4.78, 5) is 0. The predicted octanol–water partition coefficient (Wildman–Crippen LogP) is 0.900. The number of hydrogen-bond donors (Lipinski definition) is 1. The first-order valence-corrected chi connectivity index (χ1v) is 3.67. The van der Waals surface area contributed by atoms with Gasteiger partial charge in [0.1, 0.15) is 0 Å². The van der Waals surface area contributed by atoms with E-state index in [1.165, 1.54) is 11.5 Å². The summed E-state index contributed by atoms with van der Waals surface area (Å²) in [6, 6.07) is 0. The van der Waals surface area contributed by atoms with Crippen molar-refractivity contribution in [1.29, 1.82) is 5.41 Å². The van der Waals surface area contributed by atoms with Gasteiger partial charge in [0.05, 0.1) is 6.61 Å². The lowest BCUT2D eigenvalue weighted by Gasteiger charge is -1.97. The molecule has 0 radical (unpaired) electrons. The van der Waals surface area contributed by atoms with Crippen LogP contribution in [-0.4, -0.2) is 22.1 Å². The standard InChI is InChI=1S/C5H7N3OS/c1-2-9-5(6)4-3-10-8-7-4/h3,6H,2H2,1H3. The van der Waals surface area contributed by atoms with Crippen molar-refractivity contribution in [3.8, 4) is 0 Å². The van der Waals surface area contributed by atoms with Crippen LogP contribution < -0.4 is 0 Å². The average molecular weight is 157 g/mol. The molecule has 0 aliphatic rings. The summed E-state index contributed by atoms with van der Waals surface area (Å²) < 4.78 is 8.47. The van der Waals surface area contributed by atoms with E-state index in [0.29, 0.717) is 12.3 Å². The maximum Gasteiger partial charge on any atom is 0.235 e. The summed E-state index contributed by atoms with van der Waals surface area (Å²) in [7, 11) is 0. The van der Waals surface area contributed by atoms with Crippen molar-refractivity contribution in [3.05, 3.63) is 11.1 Å². The Balaban J connectivity index is 2.59. The molecule has 0 aromatic carbocycles. The second-order valence-electron chi connectivity index (χ2n) is 1.55. The Hall–Kier alpha value is -0.970. The first-order chi connectivity index (χ1) is 4.84. The molecule has 0 aliphatic carbocycles. The Kier molecular flexibility index (Phi) is 2.33. The largest absolute Gasteiger partial charge is 0.477 e. The van der Waals surface area contributed by atoms with Gasteiger partial charge in [0.15, 0.2) is 5.69 Å². The van der Waals surface area contributed by atoms with Gasteiger partial charge in [-0.2, -0.15) is 0 Å². The maximum atomic E-state index is 7.23. The summed E-state index contributed by atoms with van der Waals surface area (Å²) >= 11 is 1.21. The summed E-state index contributed by atoms with van der Waals surface area (Å²) in [5.41, 5.74) is 0.506. The minimum Gasteiger partial charge on any atom is -0.477 e. The van der Waals surface area contributed by atoms with Crippen LogP contribution in [0.1, 0.15) is 12.6 Å². The molecule has 1 N–H and O–H groups in total. The van der Waals surface area contributed by atoms with Gasteiger partial charge in [0, 0.05) is 5.38 Å². The summed E-state index contributed by atoms with van der Waals surface area (Å²) in [5, 5.41) is 12.6. The van der Waals surface area contributed by atoms with Gasteiger partial charge in [-0.15, -0.1) is 5.10 Å². The highest BCUT2D eigenvalue weighted by molar-refractivity contribution is 7.03. The Labute approximate surface area is 62.5 Å². The number of nitrogens with one attached hydrogen (secondary N) is 1. The monoisotopic (exact) mass is 157 g/mol. The van der Waals surface area contributed by atoms with Crippen LogP contribution in [0.15, 0.2) is 5.38 Å². The molecular formula is C5H7N3OS. The van der Waals surface area contributed by atoms with Gasteiger partial charge in [0.2, 0.25) is 5.90 Å². The van der Waals surface area contributed by atoms with Crippen LogP contribution in [0.25, 0.3) is 0 Å². The van der Waals surface area contributed by atoms with Crippen LogP contribution in [0.5, 0.6) is 0 Å². The normalized spacial score (nSPS) is 9.30. The van der Waals surface area contributed by atoms with Crippen molar-refractivity contribution in [2.45, 2.75) is 6.92 Å². The molecule has 5 heteroatoms. The summed E-state index contributed by atoms with van der Waals surface area (Å²) in [5.74, 6) is 0.0938. The van der Waals surface area contributed by atoms with E-state index in [9.17, 15) is 0 Å². The van der Waals surface area contributed by atoms with Crippen molar-refractivity contribution < 1.29 is 4.74 Å². The predicted molar refractivity (Wildman–Crippen MR) is 38.4 cm³/mol. The van der Waals surface area contributed by atoms with Crippen molar-refractivity contribution in [1.82, 2.24) is 9.59 Å². The number of aromatic nitrogens is 2. The third kappa shape index (κ3) is 1.51. The highest BCUT2D eigenvalue weighted by Gasteiger charge is 2.02. The molecule has 0 spiro atoms. The lowest BCUT2D eigenvalue weighted by Crippen LogP contribution is -2.04. The third-order valence-corrected chi connectivity index (χ3v) is 1.39. The zero-order valence-electron chi connectivity index (χ0n) is 5.50. The quantitative estimate of drug-likeness (QED) is 0.512. The van der Waals surface area contributed by atoms with E-state index >= 15 is 0 Å². The Morgan fingerprint density at radius 2 is 2.70 bits per heavy atom. The highest BCUT2D eigenvalue weighted by Crippen LogP contribution is 1.98. The molecule has 1 aromatic heterocycles. The lowest BCUT2D eigenvalue weighted by molar-refractivity contribution is 0.324. The molecule has 0 fully saturated rings. The maximum absolute atomic E-state index is 7.23. The molecule has 1 aromatic rings. The molecule has 1 rings (SSSR count). The van der Waals surface area contributed by atoms with Crippen LogP contribution >= 0.6 is 11.5 Å². The molecule has 0 unspecified atom stereocenters. The molecule has 0 aliphatic heterocycles. The van der Waals surface area contributed by atoms with Gasteiger partial charge in [-0.1, -0.05) is 4.49 Å². The minimum absolute atomic E-state index is 0.0938. The van der Waals surface area contributed by atoms with Crippen molar-refractivity contribution in [3.63, 3.8) is 0 Å². The Morgan fingerprint density at radius 1 is 1.90 bits per heavy atom.